The van der Waals surface area contributed by atoms with Gasteiger partial charge in [0.25, 0.3) is 0 Å². The quantitative estimate of drug-likeness (QED) is 0.539. The molecule has 0 radical (unpaired) electrons. The van der Waals surface area contributed by atoms with Gasteiger partial charge in [-0.05, 0) is 26.3 Å². The molecule has 0 spiro atoms. The fourth-order valence-electron chi connectivity index (χ4n) is 2.07. The van der Waals surface area contributed by atoms with Gasteiger partial charge >= 0.3 is 0 Å². The van der Waals surface area contributed by atoms with Crippen molar-refractivity contribution >= 4 is 5.96 Å². The van der Waals surface area contributed by atoms with Crippen molar-refractivity contribution in [2.24, 2.45) is 4.99 Å². The summed E-state index contributed by atoms with van der Waals surface area (Å²) in [5, 5.41) is 6.52. The highest BCUT2D eigenvalue weighted by molar-refractivity contribution is 5.79. The van der Waals surface area contributed by atoms with E-state index < -0.39 is 0 Å². The molecule has 0 fully saturated rings. The van der Waals surface area contributed by atoms with E-state index in [4.69, 9.17) is 4.74 Å². The van der Waals surface area contributed by atoms with Crippen LogP contribution in [0.5, 0.6) is 0 Å². The molecule has 24 heavy (non-hydrogen) atoms. The molecule has 1 aromatic carbocycles. The number of nitrogens with zero attached hydrogens (tertiary/aromatic N) is 2. The van der Waals surface area contributed by atoms with Gasteiger partial charge in [-0.15, -0.1) is 0 Å². The number of nitrogens with one attached hydrogen (secondary N) is 3. The lowest BCUT2D eigenvalue weighted by Crippen LogP contribution is -2.45. The van der Waals surface area contributed by atoms with E-state index in [-0.39, 0.29) is 5.60 Å². The summed E-state index contributed by atoms with van der Waals surface area (Å²) in [6.07, 6.45) is 1.84. The van der Waals surface area contributed by atoms with Gasteiger partial charge in [-0.25, -0.2) is 9.98 Å². The molecule has 0 aliphatic rings. The molecule has 1 heterocycles. The molecule has 2 rings (SSSR count). The molecule has 0 amide bonds. The number of hydrogen-bond acceptors (Lipinski definition) is 3. The van der Waals surface area contributed by atoms with Crippen molar-refractivity contribution in [3.8, 4) is 11.3 Å². The summed E-state index contributed by atoms with van der Waals surface area (Å²) in [6.45, 7) is 8.05. The third-order valence-electron chi connectivity index (χ3n) is 3.68. The average Bonchev–Trinajstić information content (AvgIpc) is 3.07. The topological polar surface area (TPSA) is 74.3 Å². The van der Waals surface area contributed by atoms with Gasteiger partial charge in [0, 0.05) is 20.2 Å². The Bertz CT molecular complexity index is 648. The van der Waals surface area contributed by atoms with Crippen LogP contribution in [0.25, 0.3) is 11.3 Å². The van der Waals surface area contributed by atoms with Crippen LogP contribution in [0.2, 0.25) is 0 Å². The first-order chi connectivity index (χ1) is 11.5. The number of hydrogen-bond donors (Lipinski definition) is 3. The Morgan fingerprint density at radius 2 is 2.00 bits per heavy atom. The van der Waals surface area contributed by atoms with Crippen molar-refractivity contribution in [3.63, 3.8) is 0 Å². The van der Waals surface area contributed by atoms with E-state index in [0.29, 0.717) is 13.1 Å². The Kier molecular flexibility index (Phi) is 6.37. The van der Waals surface area contributed by atoms with Gasteiger partial charge in [0.2, 0.25) is 0 Å². The monoisotopic (exact) mass is 329 g/mol. The second-order valence-corrected chi connectivity index (χ2v) is 6.12. The van der Waals surface area contributed by atoms with Gasteiger partial charge in [-0.1, -0.05) is 30.3 Å². The average molecular weight is 329 g/mol. The number of aromatic nitrogens is 2. The number of rotatable bonds is 7. The van der Waals surface area contributed by atoms with Gasteiger partial charge in [0.1, 0.15) is 12.4 Å². The maximum atomic E-state index is 5.42. The van der Waals surface area contributed by atoms with E-state index in [1.54, 1.807) is 7.11 Å². The van der Waals surface area contributed by atoms with Gasteiger partial charge in [0.05, 0.1) is 17.5 Å². The first-order valence-electron chi connectivity index (χ1n) is 8.20. The molecule has 2 aromatic rings. The summed E-state index contributed by atoms with van der Waals surface area (Å²) in [5.74, 6) is 1.58. The summed E-state index contributed by atoms with van der Waals surface area (Å²) >= 11 is 0. The molecule has 1 aromatic heterocycles. The Morgan fingerprint density at radius 1 is 1.25 bits per heavy atom. The summed E-state index contributed by atoms with van der Waals surface area (Å²) in [7, 11) is 1.71. The number of benzene rings is 1. The first-order valence-corrected chi connectivity index (χ1v) is 8.20. The van der Waals surface area contributed by atoms with Crippen molar-refractivity contribution < 1.29 is 4.74 Å². The summed E-state index contributed by atoms with van der Waals surface area (Å²) < 4.78 is 5.42. The molecule has 6 heteroatoms. The summed E-state index contributed by atoms with van der Waals surface area (Å²) in [4.78, 5) is 12.3. The zero-order valence-corrected chi connectivity index (χ0v) is 14.9. The van der Waals surface area contributed by atoms with Crippen molar-refractivity contribution in [1.82, 2.24) is 20.6 Å². The Balaban J connectivity index is 2.00. The molecule has 6 nitrogen and oxygen atoms in total. The molecular weight excluding hydrogens is 302 g/mol. The maximum Gasteiger partial charge on any atom is 0.191 e. The fourth-order valence-corrected chi connectivity index (χ4v) is 2.07. The molecule has 0 saturated carbocycles. The lowest BCUT2D eigenvalue weighted by atomic mass is 10.1. The van der Waals surface area contributed by atoms with Crippen LogP contribution >= 0.6 is 0 Å². The van der Waals surface area contributed by atoms with Crippen LogP contribution in [0, 0.1) is 0 Å². The lowest BCUT2D eigenvalue weighted by molar-refractivity contribution is 0.0268. The van der Waals surface area contributed by atoms with Crippen LogP contribution in [0.1, 0.15) is 26.6 Å². The van der Waals surface area contributed by atoms with E-state index in [1.807, 2.05) is 45.2 Å². The van der Waals surface area contributed by atoms with Crippen molar-refractivity contribution in [1.29, 1.82) is 0 Å². The van der Waals surface area contributed by atoms with Crippen molar-refractivity contribution in [2.45, 2.75) is 32.9 Å². The SMILES string of the molecule is CCNC(=NCc1ncc(-c2ccccc2)[nH]1)NCC(C)(C)OC. The van der Waals surface area contributed by atoms with Crippen LogP contribution in [0.15, 0.2) is 41.5 Å². The third-order valence-corrected chi connectivity index (χ3v) is 3.68. The number of guanidine groups is 1. The Labute approximate surface area is 143 Å². The largest absolute Gasteiger partial charge is 0.377 e. The predicted molar refractivity (Wildman–Crippen MR) is 97.9 cm³/mol. The van der Waals surface area contributed by atoms with Gasteiger partial charge in [-0.2, -0.15) is 0 Å². The fraction of sp³-hybridized carbons (Fsp3) is 0.444. The van der Waals surface area contributed by atoms with Crippen molar-refractivity contribution in [2.75, 3.05) is 20.2 Å². The van der Waals surface area contributed by atoms with Crippen LogP contribution in [-0.2, 0) is 11.3 Å². The highest BCUT2D eigenvalue weighted by atomic mass is 16.5. The Morgan fingerprint density at radius 3 is 2.67 bits per heavy atom. The van der Waals surface area contributed by atoms with E-state index in [1.165, 1.54) is 0 Å². The molecule has 0 aliphatic carbocycles. The van der Waals surface area contributed by atoms with E-state index in [2.05, 4.69) is 37.7 Å². The standard InChI is InChI=1S/C18H27N5O/c1-5-19-17(22-13-18(2,3)24-4)21-12-16-20-11-15(23-16)14-9-7-6-8-10-14/h6-11H,5,12-13H2,1-4H3,(H,20,23)(H2,19,21,22). The molecule has 0 unspecified atom stereocenters. The van der Waals surface area contributed by atoms with Crippen LogP contribution < -0.4 is 10.6 Å². The summed E-state index contributed by atoms with van der Waals surface area (Å²) in [6, 6.07) is 10.1. The minimum atomic E-state index is -0.249. The number of ether oxygens (including phenoxy) is 1. The van der Waals surface area contributed by atoms with Crippen molar-refractivity contribution in [3.05, 3.63) is 42.4 Å². The number of aromatic amines is 1. The second-order valence-electron chi connectivity index (χ2n) is 6.12. The number of aliphatic imine (C=N–C) groups is 1. The molecule has 0 bridgehead atoms. The maximum absolute atomic E-state index is 5.42. The Hall–Kier alpha value is -2.34. The van der Waals surface area contributed by atoms with Crippen LogP contribution in [0.4, 0.5) is 0 Å². The highest BCUT2D eigenvalue weighted by Crippen LogP contribution is 2.16. The third kappa shape index (κ3) is 5.38. The lowest BCUT2D eigenvalue weighted by Gasteiger charge is -2.24. The van der Waals surface area contributed by atoms with Gasteiger partial charge in [-0.3, -0.25) is 0 Å². The molecular formula is C18H27N5O. The molecule has 0 saturated heterocycles. The minimum absolute atomic E-state index is 0.249. The minimum Gasteiger partial charge on any atom is -0.377 e. The number of methoxy groups -OCH3 is 1. The molecule has 0 atom stereocenters. The zero-order chi connectivity index (χ0) is 17.4. The summed E-state index contributed by atoms with van der Waals surface area (Å²) in [5.41, 5.74) is 1.87. The first kappa shape index (κ1) is 18.0. The molecule has 3 N–H and O–H groups in total. The smallest absolute Gasteiger partial charge is 0.191 e. The second kappa shape index (κ2) is 8.49. The molecule has 0 aliphatic heterocycles. The van der Waals surface area contributed by atoms with E-state index in [9.17, 15) is 0 Å². The van der Waals surface area contributed by atoms with Crippen LogP contribution in [-0.4, -0.2) is 41.7 Å². The predicted octanol–water partition coefficient (Wildman–Crippen LogP) is 2.56. The van der Waals surface area contributed by atoms with E-state index >= 15 is 0 Å². The zero-order valence-electron chi connectivity index (χ0n) is 14.9. The normalized spacial score (nSPS) is 12.2. The van der Waals surface area contributed by atoms with Gasteiger partial charge in [0.15, 0.2) is 5.96 Å². The van der Waals surface area contributed by atoms with Crippen LogP contribution in [0.3, 0.4) is 0 Å². The molecule has 130 valence electrons. The van der Waals surface area contributed by atoms with E-state index in [0.717, 1.165) is 29.6 Å². The van der Waals surface area contributed by atoms with Gasteiger partial charge < -0.3 is 20.4 Å². The number of imidazole rings is 1. The number of H-pyrrole nitrogens is 1. The highest BCUT2D eigenvalue weighted by Gasteiger charge is 2.16.